The first kappa shape index (κ1) is 21.6. The highest BCUT2D eigenvalue weighted by Crippen LogP contribution is 2.36. The van der Waals surface area contributed by atoms with E-state index >= 15 is 0 Å². The van der Waals surface area contributed by atoms with E-state index < -0.39 is 9.84 Å². The van der Waals surface area contributed by atoms with Gasteiger partial charge in [-0.1, -0.05) is 12.8 Å². The number of halogens is 1. The Morgan fingerprint density at radius 3 is 2.41 bits per heavy atom. The van der Waals surface area contributed by atoms with Crippen LogP contribution in [0.2, 0.25) is 0 Å². The monoisotopic (exact) mass is 511 g/mol. The number of sulfone groups is 1. The molecule has 1 aliphatic carbocycles. The molecule has 0 bridgehead atoms. The highest BCUT2D eigenvalue weighted by atomic mass is 127. The van der Waals surface area contributed by atoms with E-state index in [9.17, 15) is 8.42 Å². The Morgan fingerprint density at radius 1 is 1.07 bits per heavy atom. The molecule has 4 aliphatic rings. The third-order valence-electron chi connectivity index (χ3n) is 6.67. The molecule has 4 fully saturated rings. The minimum absolute atomic E-state index is 0. The number of guanidine groups is 1. The Labute approximate surface area is 180 Å². The third-order valence-corrected chi connectivity index (χ3v) is 8.51. The Balaban J connectivity index is 0.00000210. The number of fused-ring (bicyclic) bond motifs is 1. The summed E-state index contributed by atoms with van der Waals surface area (Å²) < 4.78 is 28.9. The summed E-state index contributed by atoms with van der Waals surface area (Å²) in [7, 11) is -2.82. The predicted octanol–water partition coefficient (Wildman–Crippen LogP) is 2.14. The summed E-state index contributed by atoms with van der Waals surface area (Å²) >= 11 is 0. The van der Waals surface area contributed by atoms with Crippen LogP contribution in [0.3, 0.4) is 0 Å². The molecule has 0 aromatic rings. The first-order valence-electron chi connectivity index (χ1n) is 10.4. The molecular weight excluding hydrogens is 477 g/mol. The van der Waals surface area contributed by atoms with Crippen LogP contribution in [-0.2, 0) is 14.6 Å². The van der Waals surface area contributed by atoms with Gasteiger partial charge in [-0.25, -0.2) is 8.42 Å². The molecular formula is C19H34IN3O3S. The molecule has 3 saturated heterocycles. The van der Waals surface area contributed by atoms with Crippen molar-refractivity contribution in [2.45, 2.75) is 38.5 Å². The Kier molecular flexibility index (Phi) is 7.69. The molecule has 0 spiro atoms. The van der Waals surface area contributed by atoms with Gasteiger partial charge >= 0.3 is 0 Å². The van der Waals surface area contributed by atoms with Gasteiger partial charge in [0.2, 0.25) is 0 Å². The molecule has 1 N–H and O–H groups in total. The van der Waals surface area contributed by atoms with Gasteiger partial charge in [-0.2, -0.15) is 0 Å². The highest BCUT2D eigenvalue weighted by molar-refractivity contribution is 14.0. The van der Waals surface area contributed by atoms with Gasteiger partial charge in [0.1, 0.15) is 0 Å². The second-order valence-electron chi connectivity index (χ2n) is 8.75. The molecule has 27 heavy (non-hydrogen) atoms. The molecule has 156 valence electrons. The van der Waals surface area contributed by atoms with Gasteiger partial charge in [-0.15, -0.1) is 24.0 Å². The van der Waals surface area contributed by atoms with Crippen molar-refractivity contribution in [2.24, 2.45) is 28.7 Å². The number of nitrogens with zero attached hydrogens (tertiary/aromatic N) is 2. The zero-order chi connectivity index (χ0) is 18.0. The van der Waals surface area contributed by atoms with Gasteiger partial charge in [0, 0.05) is 38.7 Å². The fraction of sp³-hybridized carbons (Fsp3) is 0.947. The normalized spacial score (nSPS) is 35.7. The Hall–Kier alpha value is -0.0900. The van der Waals surface area contributed by atoms with E-state index in [0.29, 0.717) is 24.0 Å². The number of likely N-dealkylation sites (tertiary alicyclic amines) is 1. The molecule has 4 rings (SSSR count). The zero-order valence-corrected chi connectivity index (χ0v) is 19.3. The number of hydrogen-bond acceptors (Lipinski definition) is 4. The molecule has 4 atom stereocenters. The molecule has 0 aromatic heterocycles. The molecule has 0 radical (unpaired) electrons. The quantitative estimate of drug-likeness (QED) is 0.356. The largest absolute Gasteiger partial charge is 0.381 e. The van der Waals surface area contributed by atoms with E-state index in [4.69, 9.17) is 9.73 Å². The Morgan fingerprint density at radius 2 is 1.81 bits per heavy atom. The third kappa shape index (κ3) is 5.72. The average molecular weight is 511 g/mol. The first-order chi connectivity index (χ1) is 12.6. The predicted molar refractivity (Wildman–Crippen MR) is 118 cm³/mol. The SMILES string of the molecule is I.O=S1(=O)CCC(CN=C(NCC2CCOC2)N2CC3CCCCC3C2)C1. The summed E-state index contributed by atoms with van der Waals surface area (Å²) in [4.78, 5) is 7.34. The van der Waals surface area contributed by atoms with Gasteiger partial charge in [0.25, 0.3) is 0 Å². The summed E-state index contributed by atoms with van der Waals surface area (Å²) in [6.45, 7) is 5.47. The van der Waals surface area contributed by atoms with Crippen molar-refractivity contribution in [3.05, 3.63) is 0 Å². The number of hydrogen-bond donors (Lipinski definition) is 1. The smallest absolute Gasteiger partial charge is 0.193 e. The standard InChI is InChI=1S/C19H33N3O3S.HI/c23-26(24)8-6-16(14-26)10-21-19(20-9-15-5-7-25-13-15)22-11-17-3-1-2-4-18(17)12-22;/h15-18H,1-14H2,(H,20,21);1H. The van der Waals surface area contributed by atoms with Crippen molar-refractivity contribution in [1.82, 2.24) is 10.2 Å². The summed E-state index contributed by atoms with van der Waals surface area (Å²) in [6, 6.07) is 0. The molecule has 4 unspecified atom stereocenters. The number of nitrogens with one attached hydrogen (secondary N) is 1. The molecule has 3 aliphatic heterocycles. The van der Waals surface area contributed by atoms with Gasteiger partial charge in [-0.05, 0) is 43.4 Å². The zero-order valence-electron chi connectivity index (χ0n) is 16.1. The number of ether oxygens (including phenoxy) is 1. The van der Waals surface area contributed by atoms with Crippen LogP contribution >= 0.6 is 24.0 Å². The van der Waals surface area contributed by atoms with E-state index in [1.54, 1.807) is 0 Å². The summed E-state index contributed by atoms with van der Waals surface area (Å²) in [5, 5.41) is 3.60. The number of rotatable bonds is 4. The van der Waals surface area contributed by atoms with Crippen LogP contribution in [0.15, 0.2) is 4.99 Å². The molecule has 0 amide bonds. The van der Waals surface area contributed by atoms with Gasteiger partial charge in [0.15, 0.2) is 15.8 Å². The molecule has 0 aromatic carbocycles. The fourth-order valence-electron chi connectivity index (χ4n) is 5.06. The number of aliphatic imine (C=N–C) groups is 1. The van der Waals surface area contributed by atoms with Crippen LogP contribution in [0, 0.1) is 23.7 Å². The van der Waals surface area contributed by atoms with E-state index in [1.165, 1.54) is 25.7 Å². The van der Waals surface area contributed by atoms with Crippen molar-refractivity contribution in [3.8, 4) is 0 Å². The average Bonchev–Trinajstić information content (AvgIpc) is 3.34. The molecule has 6 nitrogen and oxygen atoms in total. The first-order valence-corrected chi connectivity index (χ1v) is 12.2. The second kappa shape index (κ2) is 9.61. The lowest BCUT2D eigenvalue weighted by molar-refractivity contribution is 0.186. The minimum atomic E-state index is -2.82. The lowest BCUT2D eigenvalue weighted by Gasteiger charge is -2.24. The van der Waals surface area contributed by atoms with Crippen molar-refractivity contribution in [1.29, 1.82) is 0 Å². The molecule has 8 heteroatoms. The van der Waals surface area contributed by atoms with Crippen LogP contribution in [0.25, 0.3) is 0 Å². The van der Waals surface area contributed by atoms with Gasteiger partial charge in [0.05, 0.1) is 18.1 Å². The molecule has 3 heterocycles. The lowest BCUT2D eigenvalue weighted by atomic mass is 9.82. The summed E-state index contributed by atoms with van der Waals surface area (Å²) in [5.74, 6) is 4.05. The van der Waals surface area contributed by atoms with E-state index in [0.717, 1.165) is 63.5 Å². The van der Waals surface area contributed by atoms with Gasteiger partial charge < -0.3 is 15.0 Å². The van der Waals surface area contributed by atoms with Crippen molar-refractivity contribution < 1.29 is 13.2 Å². The van der Waals surface area contributed by atoms with E-state index in [1.807, 2.05) is 0 Å². The maximum absolute atomic E-state index is 11.7. The summed E-state index contributed by atoms with van der Waals surface area (Å²) in [5.41, 5.74) is 0. The van der Waals surface area contributed by atoms with Crippen molar-refractivity contribution >= 4 is 39.8 Å². The van der Waals surface area contributed by atoms with Crippen LogP contribution in [0.1, 0.15) is 38.5 Å². The lowest BCUT2D eigenvalue weighted by Crippen LogP contribution is -2.42. The van der Waals surface area contributed by atoms with Crippen molar-refractivity contribution in [2.75, 3.05) is 50.9 Å². The topological polar surface area (TPSA) is 71.0 Å². The van der Waals surface area contributed by atoms with Crippen LogP contribution in [-0.4, -0.2) is 70.2 Å². The fourth-order valence-corrected chi connectivity index (χ4v) is 6.91. The minimum Gasteiger partial charge on any atom is -0.381 e. The van der Waals surface area contributed by atoms with Crippen LogP contribution in [0.4, 0.5) is 0 Å². The van der Waals surface area contributed by atoms with Crippen molar-refractivity contribution in [3.63, 3.8) is 0 Å². The Bertz CT molecular complexity index is 608. The van der Waals surface area contributed by atoms with E-state index in [2.05, 4.69) is 10.2 Å². The summed E-state index contributed by atoms with van der Waals surface area (Å²) in [6.07, 6.45) is 7.33. The highest BCUT2D eigenvalue weighted by Gasteiger charge is 2.36. The maximum atomic E-state index is 11.7. The van der Waals surface area contributed by atoms with Crippen LogP contribution in [0.5, 0.6) is 0 Å². The maximum Gasteiger partial charge on any atom is 0.193 e. The van der Waals surface area contributed by atoms with Gasteiger partial charge in [-0.3, -0.25) is 4.99 Å². The molecule has 1 saturated carbocycles. The van der Waals surface area contributed by atoms with Crippen LogP contribution < -0.4 is 5.32 Å². The second-order valence-corrected chi connectivity index (χ2v) is 11.0. The van der Waals surface area contributed by atoms with E-state index in [-0.39, 0.29) is 29.9 Å².